The molecule has 3 rings (SSSR count). The van der Waals surface area contributed by atoms with Crippen molar-refractivity contribution in [1.82, 2.24) is 24.9 Å². The Bertz CT molecular complexity index is 1050. The molecule has 11 heteroatoms. The van der Waals surface area contributed by atoms with Crippen molar-refractivity contribution >= 4 is 45.0 Å². The maximum atomic E-state index is 12.5. The van der Waals surface area contributed by atoms with Crippen LogP contribution in [0.4, 0.5) is 5.69 Å². The van der Waals surface area contributed by atoms with E-state index in [1.807, 2.05) is 6.92 Å². The van der Waals surface area contributed by atoms with Crippen molar-refractivity contribution in [1.29, 1.82) is 0 Å². The zero-order valence-electron chi connectivity index (χ0n) is 15.6. The highest BCUT2D eigenvalue weighted by atomic mass is 79.9. The molecule has 0 saturated heterocycles. The molecule has 9 nitrogen and oxygen atoms in total. The molecule has 2 N–H and O–H groups in total. The van der Waals surface area contributed by atoms with Crippen molar-refractivity contribution in [2.45, 2.75) is 20.2 Å². The molecule has 0 atom stereocenters. The smallest absolute Gasteiger partial charge is 0.276 e. The van der Waals surface area contributed by atoms with Gasteiger partial charge in [-0.2, -0.15) is 10.2 Å². The van der Waals surface area contributed by atoms with E-state index in [4.69, 9.17) is 16.3 Å². The van der Waals surface area contributed by atoms with Gasteiger partial charge in [-0.1, -0.05) is 11.6 Å². The molecule has 29 heavy (non-hydrogen) atoms. The second-order valence-corrected chi connectivity index (χ2v) is 7.16. The van der Waals surface area contributed by atoms with Crippen LogP contribution in [-0.2, 0) is 13.3 Å². The Morgan fingerprint density at radius 1 is 1.21 bits per heavy atom. The van der Waals surface area contributed by atoms with Crippen LogP contribution in [0.3, 0.4) is 0 Å². The number of halogens is 2. The van der Waals surface area contributed by atoms with Crippen molar-refractivity contribution in [2.24, 2.45) is 0 Å². The van der Waals surface area contributed by atoms with Gasteiger partial charge >= 0.3 is 0 Å². The van der Waals surface area contributed by atoms with Crippen molar-refractivity contribution in [2.75, 3.05) is 12.4 Å². The molecule has 2 heterocycles. The number of hydrogen-bond donors (Lipinski definition) is 2. The number of aryl methyl sites for hydroxylation is 1. The van der Waals surface area contributed by atoms with E-state index in [1.54, 1.807) is 41.3 Å². The highest BCUT2D eigenvalue weighted by Gasteiger charge is 2.19. The predicted octanol–water partition coefficient (Wildman–Crippen LogP) is 3.16. The first-order chi connectivity index (χ1) is 13.9. The number of ether oxygens (including phenoxy) is 1. The van der Waals surface area contributed by atoms with E-state index in [1.165, 1.54) is 11.7 Å². The summed E-state index contributed by atoms with van der Waals surface area (Å²) < 4.78 is 9.43. The Labute approximate surface area is 180 Å². The zero-order valence-corrected chi connectivity index (χ0v) is 18.0. The Morgan fingerprint density at radius 3 is 2.69 bits per heavy atom. The minimum absolute atomic E-state index is 0.102. The number of hydrogen-bond acceptors (Lipinski definition) is 5. The van der Waals surface area contributed by atoms with Crippen LogP contribution in [0.25, 0.3) is 0 Å². The fourth-order valence-corrected chi connectivity index (χ4v) is 3.23. The van der Waals surface area contributed by atoms with E-state index in [0.717, 1.165) is 0 Å². The molecule has 0 fully saturated rings. The molecule has 2 amide bonds. The lowest BCUT2D eigenvalue weighted by Gasteiger charge is -2.08. The van der Waals surface area contributed by atoms with E-state index >= 15 is 0 Å². The molecular weight excluding hydrogens is 464 g/mol. The number of rotatable bonds is 7. The minimum Gasteiger partial charge on any atom is -0.470 e. The Morgan fingerprint density at radius 2 is 2.00 bits per heavy atom. The largest absolute Gasteiger partial charge is 0.470 e. The number of carbonyl (C=O) groups is 2. The Hall–Kier alpha value is -2.85. The molecular formula is C18H18BrClN6O3. The van der Waals surface area contributed by atoms with Gasteiger partial charge in [-0.3, -0.25) is 14.3 Å². The molecule has 1 aromatic carbocycles. The first-order valence-corrected chi connectivity index (χ1v) is 9.80. The standard InChI is InChI=1S/C18H18BrClN6O3/c1-3-25-9-14(16(24-25)18(28)21-2)22-17(27)13-6-7-26(23-13)10-29-15-5-4-11(20)8-12(15)19/h4-9H,3,10H2,1-2H3,(H,21,28)(H,22,27). The number of anilines is 1. The van der Waals surface area contributed by atoms with Gasteiger partial charge in [0.1, 0.15) is 5.75 Å². The molecule has 2 aromatic heterocycles. The molecule has 0 aliphatic carbocycles. The summed E-state index contributed by atoms with van der Waals surface area (Å²) in [6.07, 6.45) is 3.22. The molecule has 0 bridgehead atoms. The number of aromatic nitrogens is 4. The fraction of sp³-hybridized carbons (Fsp3) is 0.222. The van der Waals surface area contributed by atoms with Gasteiger partial charge in [0.25, 0.3) is 11.8 Å². The van der Waals surface area contributed by atoms with Crippen LogP contribution in [0, 0.1) is 0 Å². The van der Waals surface area contributed by atoms with Crippen LogP contribution in [-0.4, -0.2) is 38.4 Å². The molecule has 0 spiro atoms. The van der Waals surface area contributed by atoms with Gasteiger partial charge in [0.05, 0.1) is 10.2 Å². The summed E-state index contributed by atoms with van der Waals surface area (Å²) in [5.74, 6) is -0.254. The average molecular weight is 482 g/mol. The molecule has 0 unspecified atom stereocenters. The summed E-state index contributed by atoms with van der Waals surface area (Å²) in [5.41, 5.74) is 0.626. The minimum atomic E-state index is -0.461. The third-order valence-corrected chi connectivity index (χ3v) is 4.75. The summed E-state index contributed by atoms with van der Waals surface area (Å²) in [6, 6.07) is 6.72. The molecule has 3 aromatic rings. The summed E-state index contributed by atoms with van der Waals surface area (Å²) in [4.78, 5) is 24.5. The van der Waals surface area contributed by atoms with Crippen LogP contribution in [0.5, 0.6) is 5.75 Å². The number of carbonyl (C=O) groups excluding carboxylic acids is 2. The van der Waals surface area contributed by atoms with Gasteiger partial charge in [0.2, 0.25) is 0 Å². The second-order valence-electron chi connectivity index (χ2n) is 5.87. The SMILES string of the molecule is CCn1cc(NC(=O)c2ccn(COc3ccc(Cl)cc3Br)n2)c(C(=O)NC)n1. The topological polar surface area (TPSA) is 103 Å². The van der Waals surface area contributed by atoms with Gasteiger partial charge in [-0.15, -0.1) is 0 Å². The third-order valence-electron chi connectivity index (χ3n) is 3.90. The monoisotopic (exact) mass is 480 g/mol. The summed E-state index contributed by atoms with van der Waals surface area (Å²) >= 11 is 9.29. The van der Waals surface area contributed by atoms with Crippen molar-refractivity contribution in [3.05, 3.63) is 57.5 Å². The van der Waals surface area contributed by atoms with E-state index in [0.29, 0.717) is 27.5 Å². The summed E-state index contributed by atoms with van der Waals surface area (Å²) in [5, 5.41) is 14.1. The van der Waals surface area contributed by atoms with E-state index in [9.17, 15) is 9.59 Å². The number of nitrogens with one attached hydrogen (secondary N) is 2. The lowest BCUT2D eigenvalue weighted by molar-refractivity contribution is 0.0958. The molecule has 0 saturated carbocycles. The normalized spacial score (nSPS) is 10.6. The fourth-order valence-electron chi connectivity index (χ4n) is 2.43. The third kappa shape index (κ3) is 4.96. The lowest BCUT2D eigenvalue weighted by atomic mass is 10.3. The lowest BCUT2D eigenvalue weighted by Crippen LogP contribution is -2.22. The van der Waals surface area contributed by atoms with Gasteiger partial charge in [0.15, 0.2) is 18.1 Å². The van der Waals surface area contributed by atoms with Crippen LogP contribution in [0.1, 0.15) is 27.9 Å². The highest BCUT2D eigenvalue weighted by molar-refractivity contribution is 9.10. The molecule has 152 valence electrons. The quantitative estimate of drug-likeness (QED) is 0.539. The van der Waals surface area contributed by atoms with Crippen LogP contribution < -0.4 is 15.4 Å². The maximum Gasteiger partial charge on any atom is 0.276 e. The number of nitrogens with zero attached hydrogens (tertiary/aromatic N) is 4. The maximum absolute atomic E-state index is 12.5. The van der Waals surface area contributed by atoms with Gasteiger partial charge < -0.3 is 15.4 Å². The van der Waals surface area contributed by atoms with Gasteiger partial charge in [-0.05, 0) is 47.1 Å². The first kappa shape index (κ1) is 20.9. The highest BCUT2D eigenvalue weighted by Crippen LogP contribution is 2.28. The van der Waals surface area contributed by atoms with E-state index < -0.39 is 5.91 Å². The van der Waals surface area contributed by atoms with Crippen LogP contribution >= 0.6 is 27.5 Å². The van der Waals surface area contributed by atoms with Crippen LogP contribution in [0.2, 0.25) is 5.02 Å². The average Bonchev–Trinajstić information content (AvgIpc) is 3.33. The van der Waals surface area contributed by atoms with Gasteiger partial charge in [-0.25, -0.2) is 4.68 Å². The van der Waals surface area contributed by atoms with Crippen molar-refractivity contribution in [3.63, 3.8) is 0 Å². The number of amides is 2. The van der Waals surface area contributed by atoms with Crippen molar-refractivity contribution in [3.8, 4) is 5.75 Å². The summed E-state index contributed by atoms with van der Waals surface area (Å²) in [6.45, 7) is 2.55. The van der Waals surface area contributed by atoms with Gasteiger partial charge in [0, 0.05) is 31.0 Å². The molecule has 0 radical (unpaired) electrons. The summed E-state index contributed by atoms with van der Waals surface area (Å²) in [7, 11) is 1.50. The first-order valence-electron chi connectivity index (χ1n) is 8.63. The molecule has 0 aliphatic heterocycles. The van der Waals surface area contributed by atoms with Crippen LogP contribution in [0.15, 0.2) is 41.1 Å². The van der Waals surface area contributed by atoms with Crippen molar-refractivity contribution < 1.29 is 14.3 Å². The Balaban J connectivity index is 1.68. The number of benzene rings is 1. The molecule has 0 aliphatic rings. The van der Waals surface area contributed by atoms with E-state index in [-0.39, 0.29) is 24.0 Å². The Kier molecular flexibility index (Phi) is 6.55. The zero-order chi connectivity index (χ0) is 21.0. The second kappa shape index (κ2) is 9.10. The van der Waals surface area contributed by atoms with E-state index in [2.05, 4.69) is 36.8 Å². The predicted molar refractivity (Wildman–Crippen MR) is 111 cm³/mol.